The topological polar surface area (TPSA) is 60.9 Å². The van der Waals surface area contributed by atoms with Gasteiger partial charge < -0.3 is 19.1 Å². The SMILES string of the molecule is COc1ccc(Cc2ncccc2N(Cc2cc(OC)ccc2OCCCF)C(C)=O)cc1. The van der Waals surface area contributed by atoms with Gasteiger partial charge in [0.1, 0.15) is 17.2 Å². The molecule has 0 saturated heterocycles. The third-order valence-electron chi connectivity index (χ3n) is 5.20. The van der Waals surface area contributed by atoms with Crippen molar-refractivity contribution >= 4 is 11.6 Å². The fourth-order valence-corrected chi connectivity index (χ4v) is 3.47. The summed E-state index contributed by atoms with van der Waals surface area (Å²) in [6.45, 7) is 1.59. The van der Waals surface area contributed by atoms with E-state index in [-0.39, 0.29) is 19.1 Å². The van der Waals surface area contributed by atoms with Gasteiger partial charge in [-0.1, -0.05) is 12.1 Å². The van der Waals surface area contributed by atoms with E-state index in [1.54, 1.807) is 37.4 Å². The van der Waals surface area contributed by atoms with Crippen LogP contribution in [0.15, 0.2) is 60.8 Å². The van der Waals surface area contributed by atoms with Crippen LogP contribution in [0.4, 0.5) is 10.1 Å². The Bertz CT molecular complexity index is 1060. The van der Waals surface area contributed by atoms with Crippen molar-refractivity contribution in [1.82, 2.24) is 4.98 Å². The van der Waals surface area contributed by atoms with Crippen molar-refractivity contribution in [1.29, 1.82) is 0 Å². The monoisotopic (exact) mass is 452 g/mol. The molecule has 0 spiro atoms. The molecule has 0 fully saturated rings. The Hall–Kier alpha value is -3.61. The van der Waals surface area contributed by atoms with E-state index in [1.165, 1.54) is 6.92 Å². The van der Waals surface area contributed by atoms with Crippen LogP contribution in [0.5, 0.6) is 17.2 Å². The zero-order valence-corrected chi connectivity index (χ0v) is 19.2. The first-order valence-electron chi connectivity index (χ1n) is 10.8. The molecule has 2 aromatic carbocycles. The summed E-state index contributed by atoms with van der Waals surface area (Å²) >= 11 is 0. The largest absolute Gasteiger partial charge is 0.497 e. The first kappa shape index (κ1) is 24.0. The summed E-state index contributed by atoms with van der Waals surface area (Å²) in [6.07, 6.45) is 2.58. The minimum absolute atomic E-state index is 0.128. The highest BCUT2D eigenvalue weighted by atomic mass is 19.1. The Morgan fingerprint density at radius 3 is 2.42 bits per heavy atom. The third kappa shape index (κ3) is 6.44. The zero-order valence-electron chi connectivity index (χ0n) is 19.2. The van der Waals surface area contributed by atoms with Crippen molar-refractivity contribution in [2.45, 2.75) is 26.3 Å². The molecule has 0 aliphatic heterocycles. The van der Waals surface area contributed by atoms with Crippen molar-refractivity contribution in [2.24, 2.45) is 0 Å². The smallest absolute Gasteiger partial charge is 0.224 e. The number of aromatic nitrogens is 1. The minimum atomic E-state index is -0.449. The maximum absolute atomic E-state index is 12.7. The molecule has 0 N–H and O–H groups in total. The molecule has 3 rings (SSSR count). The van der Waals surface area contributed by atoms with Gasteiger partial charge in [-0.05, 0) is 48.0 Å². The van der Waals surface area contributed by atoms with Crippen molar-refractivity contribution in [3.63, 3.8) is 0 Å². The van der Waals surface area contributed by atoms with Gasteiger partial charge in [-0.3, -0.25) is 14.2 Å². The second-order valence-electron chi connectivity index (χ2n) is 7.46. The lowest BCUT2D eigenvalue weighted by Gasteiger charge is -2.25. The van der Waals surface area contributed by atoms with Crippen LogP contribution in [-0.2, 0) is 17.8 Å². The quantitative estimate of drug-likeness (QED) is 0.384. The highest BCUT2D eigenvalue weighted by Gasteiger charge is 2.19. The van der Waals surface area contributed by atoms with Crippen LogP contribution in [0, 0.1) is 0 Å². The fourth-order valence-electron chi connectivity index (χ4n) is 3.47. The average molecular weight is 453 g/mol. The number of hydrogen-bond acceptors (Lipinski definition) is 5. The van der Waals surface area contributed by atoms with Crippen molar-refractivity contribution in [3.8, 4) is 17.2 Å². The number of pyridine rings is 1. The molecule has 174 valence electrons. The second-order valence-corrected chi connectivity index (χ2v) is 7.46. The Balaban J connectivity index is 1.91. The van der Waals surface area contributed by atoms with Gasteiger partial charge in [0.05, 0.1) is 45.4 Å². The van der Waals surface area contributed by atoms with Gasteiger partial charge in [0, 0.05) is 31.5 Å². The molecular formula is C26H29FN2O4. The number of benzene rings is 2. The summed E-state index contributed by atoms with van der Waals surface area (Å²) in [6, 6.07) is 16.9. The van der Waals surface area contributed by atoms with Gasteiger partial charge in [0.15, 0.2) is 0 Å². The zero-order chi connectivity index (χ0) is 23.6. The molecule has 3 aromatic rings. The predicted molar refractivity (Wildman–Crippen MR) is 126 cm³/mol. The van der Waals surface area contributed by atoms with Gasteiger partial charge in [-0.15, -0.1) is 0 Å². The molecule has 33 heavy (non-hydrogen) atoms. The maximum atomic E-state index is 12.7. The molecule has 1 aromatic heterocycles. The number of anilines is 1. The molecule has 0 saturated carbocycles. The van der Waals surface area contributed by atoms with Gasteiger partial charge in [-0.25, -0.2) is 0 Å². The number of nitrogens with zero attached hydrogens (tertiary/aromatic N) is 2. The summed E-state index contributed by atoms with van der Waals surface area (Å²) in [5.41, 5.74) is 3.32. The summed E-state index contributed by atoms with van der Waals surface area (Å²) in [5.74, 6) is 1.90. The molecule has 0 atom stereocenters. The average Bonchev–Trinajstić information content (AvgIpc) is 2.84. The maximum Gasteiger partial charge on any atom is 0.224 e. The number of carbonyl (C=O) groups excluding carboxylic acids is 1. The highest BCUT2D eigenvalue weighted by Crippen LogP contribution is 2.30. The summed E-state index contributed by atoms with van der Waals surface area (Å²) in [7, 11) is 3.21. The van der Waals surface area contributed by atoms with E-state index in [4.69, 9.17) is 14.2 Å². The number of hydrogen-bond donors (Lipinski definition) is 0. The lowest BCUT2D eigenvalue weighted by Crippen LogP contribution is -2.29. The van der Waals surface area contributed by atoms with E-state index in [9.17, 15) is 9.18 Å². The van der Waals surface area contributed by atoms with Crippen molar-refractivity contribution < 1.29 is 23.4 Å². The van der Waals surface area contributed by atoms with E-state index in [2.05, 4.69) is 4.98 Å². The summed E-state index contributed by atoms with van der Waals surface area (Å²) in [5, 5.41) is 0. The normalized spacial score (nSPS) is 10.5. The molecule has 0 unspecified atom stereocenters. The van der Waals surface area contributed by atoms with Gasteiger partial charge in [0.2, 0.25) is 5.91 Å². The Morgan fingerprint density at radius 1 is 1.03 bits per heavy atom. The van der Waals surface area contributed by atoms with Crippen LogP contribution in [0.1, 0.15) is 30.2 Å². The first-order valence-corrected chi connectivity index (χ1v) is 10.8. The van der Waals surface area contributed by atoms with Crippen LogP contribution in [0.2, 0.25) is 0 Å². The fraction of sp³-hybridized carbons (Fsp3) is 0.308. The van der Waals surface area contributed by atoms with E-state index in [0.29, 0.717) is 24.3 Å². The van der Waals surface area contributed by atoms with E-state index >= 15 is 0 Å². The second kappa shape index (κ2) is 11.9. The van der Waals surface area contributed by atoms with Gasteiger partial charge >= 0.3 is 0 Å². The lowest BCUT2D eigenvalue weighted by atomic mass is 10.1. The summed E-state index contributed by atoms with van der Waals surface area (Å²) in [4.78, 5) is 18.9. The van der Waals surface area contributed by atoms with Crippen LogP contribution in [0.25, 0.3) is 0 Å². The minimum Gasteiger partial charge on any atom is -0.497 e. The van der Waals surface area contributed by atoms with Gasteiger partial charge in [0.25, 0.3) is 0 Å². The lowest BCUT2D eigenvalue weighted by molar-refractivity contribution is -0.116. The molecule has 6 nitrogen and oxygen atoms in total. The molecule has 0 bridgehead atoms. The number of carbonyl (C=O) groups is 1. The van der Waals surface area contributed by atoms with E-state index in [0.717, 1.165) is 28.3 Å². The van der Waals surface area contributed by atoms with Gasteiger partial charge in [-0.2, -0.15) is 0 Å². The molecule has 1 heterocycles. The summed E-state index contributed by atoms with van der Waals surface area (Å²) < 4.78 is 28.9. The molecule has 0 aliphatic rings. The van der Waals surface area contributed by atoms with E-state index in [1.807, 2.05) is 42.5 Å². The number of methoxy groups -OCH3 is 2. The number of alkyl halides is 1. The standard InChI is InChI=1S/C26H29FN2O4/c1-19(30)29(18-21-17-23(32-3)11-12-26(21)33-15-5-13-27)25-6-4-14-28-24(25)16-20-7-9-22(31-2)10-8-20/h4,6-12,14,17H,5,13,15-16,18H2,1-3H3. The Morgan fingerprint density at radius 2 is 1.76 bits per heavy atom. The molecule has 1 amide bonds. The Kier molecular flexibility index (Phi) is 8.63. The number of ether oxygens (including phenoxy) is 3. The van der Waals surface area contributed by atoms with E-state index < -0.39 is 6.67 Å². The van der Waals surface area contributed by atoms with Crippen LogP contribution in [0.3, 0.4) is 0 Å². The molecule has 0 aliphatic carbocycles. The van der Waals surface area contributed by atoms with Crippen molar-refractivity contribution in [3.05, 3.63) is 77.6 Å². The first-order chi connectivity index (χ1) is 16.0. The molecular weight excluding hydrogens is 423 g/mol. The number of rotatable bonds is 11. The predicted octanol–water partition coefficient (Wildman–Crippen LogP) is 4.98. The number of amides is 1. The molecule has 0 radical (unpaired) electrons. The highest BCUT2D eigenvalue weighted by molar-refractivity contribution is 5.92. The third-order valence-corrected chi connectivity index (χ3v) is 5.20. The molecule has 7 heteroatoms. The van der Waals surface area contributed by atoms with Crippen LogP contribution in [-0.4, -0.2) is 38.4 Å². The Labute approximate surface area is 193 Å². The van der Waals surface area contributed by atoms with Crippen molar-refractivity contribution in [2.75, 3.05) is 32.4 Å². The number of halogens is 1. The van der Waals surface area contributed by atoms with Crippen LogP contribution >= 0.6 is 0 Å². The van der Waals surface area contributed by atoms with Crippen LogP contribution < -0.4 is 19.1 Å².